The largest absolute Gasteiger partial charge is 0.138 e. The number of aromatic nitrogens is 2. The van der Waals surface area contributed by atoms with Crippen molar-refractivity contribution >= 4 is 11.5 Å². The van der Waals surface area contributed by atoms with E-state index in [9.17, 15) is 0 Å². The summed E-state index contributed by atoms with van der Waals surface area (Å²) in [5, 5.41) is 5.99. The molecule has 2 aromatic rings. The lowest BCUT2D eigenvalue weighted by molar-refractivity contribution is 1.16. The molecular formula is C10H10N2S. The Labute approximate surface area is 81.4 Å². The van der Waals surface area contributed by atoms with E-state index in [4.69, 9.17) is 0 Å². The minimum Gasteiger partial charge on any atom is -0.138 e. The van der Waals surface area contributed by atoms with Gasteiger partial charge in [0.1, 0.15) is 5.69 Å². The zero-order chi connectivity index (χ0) is 9.26. The van der Waals surface area contributed by atoms with Gasteiger partial charge in [0, 0.05) is 10.9 Å². The van der Waals surface area contributed by atoms with Crippen LogP contribution in [0.5, 0.6) is 0 Å². The Bertz CT molecular complexity index is 407. The molecule has 3 heteroatoms. The first kappa shape index (κ1) is 8.38. The van der Waals surface area contributed by atoms with E-state index in [2.05, 4.69) is 41.6 Å². The van der Waals surface area contributed by atoms with E-state index in [1.807, 2.05) is 5.38 Å². The molecular weight excluding hydrogens is 180 g/mol. The minimum absolute atomic E-state index is 0.966. The summed E-state index contributed by atoms with van der Waals surface area (Å²) in [4.78, 5) is 0. The van der Waals surface area contributed by atoms with Crippen molar-refractivity contribution in [1.82, 2.24) is 9.59 Å². The first-order valence-corrected chi connectivity index (χ1v) is 4.96. The van der Waals surface area contributed by atoms with E-state index in [-0.39, 0.29) is 0 Å². The molecule has 0 atom stereocenters. The molecule has 2 rings (SSSR count). The molecule has 2 nitrogen and oxygen atoms in total. The van der Waals surface area contributed by atoms with Crippen LogP contribution in [0.15, 0.2) is 23.6 Å². The van der Waals surface area contributed by atoms with Crippen LogP contribution in [0.3, 0.4) is 0 Å². The van der Waals surface area contributed by atoms with Crippen molar-refractivity contribution in [3.63, 3.8) is 0 Å². The van der Waals surface area contributed by atoms with Crippen LogP contribution in [0, 0.1) is 13.8 Å². The van der Waals surface area contributed by atoms with Crippen LogP contribution < -0.4 is 0 Å². The maximum Gasteiger partial charge on any atom is 0.105 e. The molecule has 0 N–H and O–H groups in total. The van der Waals surface area contributed by atoms with Crippen molar-refractivity contribution in [2.45, 2.75) is 13.8 Å². The Morgan fingerprint density at radius 3 is 2.62 bits per heavy atom. The van der Waals surface area contributed by atoms with Gasteiger partial charge in [-0.25, -0.2) is 0 Å². The zero-order valence-electron chi connectivity index (χ0n) is 7.61. The quantitative estimate of drug-likeness (QED) is 0.691. The van der Waals surface area contributed by atoms with Crippen LogP contribution in [-0.2, 0) is 0 Å². The molecule has 0 saturated carbocycles. The molecule has 0 saturated heterocycles. The number of nitrogens with zero attached hydrogens (tertiary/aromatic N) is 2. The molecule has 0 amide bonds. The summed E-state index contributed by atoms with van der Waals surface area (Å²) >= 11 is 1.38. The summed E-state index contributed by atoms with van der Waals surface area (Å²) in [6.07, 6.45) is 0. The summed E-state index contributed by atoms with van der Waals surface area (Å²) in [7, 11) is 0. The predicted molar refractivity (Wildman–Crippen MR) is 54.8 cm³/mol. The fraction of sp³-hybridized carbons (Fsp3) is 0.200. The van der Waals surface area contributed by atoms with Crippen LogP contribution >= 0.6 is 11.5 Å². The highest BCUT2D eigenvalue weighted by Crippen LogP contribution is 2.20. The standard InChI is InChI=1S/C10H10N2S/c1-7-3-4-9(5-8(7)2)10-6-13-12-11-10/h3-6H,1-2H3. The van der Waals surface area contributed by atoms with Crippen LogP contribution in [0.4, 0.5) is 0 Å². The summed E-state index contributed by atoms with van der Waals surface area (Å²) in [6, 6.07) is 6.34. The van der Waals surface area contributed by atoms with Crippen molar-refractivity contribution in [1.29, 1.82) is 0 Å². The third kappa shape index (κ3) is 1.60. The molecule has 0 aliphatic rings. The number of hydrogen-bond donors (Lipinski definition) is 0. The average molecular weight is 190 g/mol. The molecule has 13 heavy (non-hydrogen) atoms. The molecule has 0 radical (unpaired) electrons. The second kappa shape index (κ2) is 3.26. The van der Waals surface area contributed by atoms with Crippen LogP contribution in [0.1, 0.15) is 11.1 Å². The van der Waals surface area contributed by atoms with Gasteiger partial charge in [0.05, 0.1) is 0 Å². The highest BCUT2D eigenvalue weighted by atomic mass is 32.1. The predicted octanol–water partition coefficient (Wildman–Crippen LogP) is 2.82. The fourth-order valence-corrected chi connectivity index (χ4v) is 1.66. The molecule has 0 aliphatic heterocycles. The minimum atomic E-state index is 0.966. The molecule has 66 valence electrons. The molecule has 1 aromatic carbocycles. The van der Waals surface area contributed by atoms with Gasteiger partial charge in [-0.2, -0.15) is 0 Å². The maximum atomic E-state index is 4.03. The van der Waals surface area contributed by atoms with Crippen molar-refractivity contribution in [3.05, 3.63) is 34.7 Å². The Morgan fingerprint density at radius 2 is 2.00 bits per heavy atom. The van der Waals surface area contributed by atoms with Gasteiger partial charge < -0.3 is 0 Å². The summed E-state index contributed by atoms with van der Waals surface area (Å²) < 4.78 is 3.84. The third-order valence-corrected chi connectivity index (χ3v) is 2.67. The average Bonchev–Trinajstić information content (AvgIpc) is 2.62. The van der Waals surface area contributed by atoms with Gasteiger partial charge in [0.25, 0.3) is 0 Å². The third-order valence-electron chi connectivity index (χ3n) is 2.16. The van der Waals surface area contributed by atoms with Crippen molar-refractivity contribution in [2.24, 2.45) is 0 Å². The first-order valence-electron chi connectivity index (χ1n) is 4.12. The number of aryl methyl sites for hydroxylation is 2. The Kier molecular flexibility index (Phi) is 2.10. The second-order valence-electron chi connectivity index (χ2n) is 3.09. The van der Waals surface area contributed by atoms with Crippen LogP contribution in [0.2, 0.25) is 0 Å². The molecule has 0 bridgehead atoms. The van der Waals surface area contributed by atoms with Gasteiger partial charge in [0.2, 0.25) is 0 Å². The monoisotopic (exact) mass is 190 g/mol. The summed E-state index contributed by atoms with van der Waals surface area (Å²) in [5.74, 6) is 0. The molecule has 0 aliphatic carbocycles. The highest BCUT2D eigenvalue weighted by Gasteiger charge is 2.01. The van der Waals surface area contributed by atoms with E-state index in [0.717, 1.165) is 11.3 Å². The number of rotatable bonds is 1. The Balaban J connectivity index is 2.49. The van der Waals surface area contributed by atoms with Gasteiger partial charge in [0.15, 0.2) is 0 Å². The summed E-state index contributed by atoms with van der Waals surface area (Å²) in [6.45, 7) is 4.22. The first-order chi connectivity index (χ1) is 6.27. The highest BCUT2D eigenvalue weighted by molar-refractivity contribution is 7.03. The maximum absolute atomic E-state index is 4.03. The van der Waals surface area contributed by atoms with E-state index in [0.29, 0.717) is 0 Å². The van der Waals surface area contributed by atoms with Crippen LogP contribution in [0.25, 0.3) is 11.3 Å². The lowest BCUT2D eigenvalue weighted by atomic mass is 10.1. The Morgan fingerprint density at radius 1 is 1.15 bits per heavy atom. The van der Waals surface area contributed by atoms with Gasteiger partial charge in [-0.15, -0.1) is 5.10 Å². The second-order valence-corrected chi connectivity index (χ2v) is 3.70. The van der Waals surface area contributed by atoms with Crippen LogP contribution in [-0.4, -0.2) is 9.59 Å². The molecule has 0 unspecified atom stereocenters. The van der Waals surface area contributed by atoms with Gasteiger partial charge in [-0.3, -0.25) is 0 Å². The Hall–Kier alpha value is -1.22. The topological polar surface area (TPSA) is 25.8 Å². The molecule has 0 fully saturated rings. The smallest absolute Gasteiger partial charge is 0.105 e. The number of hydrogen-bond acceptors (Lipinski definition) is 3. The van der Waals surface area contributed by atoms with Crippen molar-refractivity contribution in [3.8, 4) is 11.3 Å². The number of benzene rings is 1. The zero-order valence-corrected chi connectivity index (χ0v) is 8.43. The molecule has 1 aromatic heterocycles. The lowest BCUT2D eigenvalue weighted by Crippen LogP contribution is -1.83. The van der Waals surface area contributed by atoms with Gasteiger partial charge in [-0.1, -0.05) is 16.6 Å². The van der Waals surface area contributed by atoms with Crippen molar-refractivity contribution < 1.29 is 0 Å². The SMILES string of the molecule is Cc1ccc(-c2csnn2)cc1C. The summed E-state index contributed by atoms with van der Waals surface area (Å²) in [5.41, 5.74) is 4.72. The van der Waals surface area contributed by atoms with Gasteiger partial charge in [-0.05, 0) is 42.6 Å². The lowest BCUT2D eigenvalue weighted by Gasteiger charge is -2.01. The fourth-order valence-electron chi connectivity index (χ4n) is 1.19. The van der Waals surface area contributed by atoms with E-state index < -0.39 is 0 Å². The molecule has 0 spiro atoms. The van der Waals surface area contributed by atoms with Gasteiger partial charge >= 0.3 is 0 Å². The van der Waals surface area contributed by atoms with E-state index in [1.165, 1.54) is 22.7 Å². The van der Waals surface area contributed by atoms with Crippen molar-refractivity contribution in [2.75, 3.05) is 0 Å². The normalized spacial score (nSPS) is 10.3. The molecule has 1 heterocycles. The van der Waals surface area contributed by atoms with E-state index >= 15 is 0 Å². The van der Waals surface area contributed by atoms with E-state index in [1.54, 1.807) is 0 Å².